The van der Waals surface area contributed by atoms with Gasteiger partial charge in [0.05, 0.1) is 9.88 Å². The van der Waals surface area contributed by atoms with Crippen LogP contribution in [0.1, 0.15) is 41.2 Å². The molecule has 1 fully saturated rings. The lowest BCUT2D eigenvalue weighted by atomic mass is 9.97. The van der Waals surface area contributed by atoms with Crippen molar-refractivity contribution >= 4 is 46.5 Å². The van der Waals surface area contributed by atoms with Crippen molar-refractivity contribution in [3.63, 3.8) is 0 Å². The molecular formula is C23H23Cl2N5OS+. The number of nitrogens with zero attached hydrogens (tertiary/aromatic N) is 5. The predicted octanol–water partition coefficient (Wildman–Crippen LogP) is 5.40. The molecule has 1 saturated heterocycles. The highest BCUT2D eigenvalue weighted by atomic mass is 35.5. The smallest absolute Gasteiger partial charge is 0.304 e. The normalized spacial score (nSPS) is 21.2. The van der Waals surface area contributed by atoms with Crippen LogP contribution in [0.4, 0.5) is 0 Å². The van der Waals surface area contributed by atoms with E-state index in [1.54, 1.807) is 17.5 Å². The SMILES string of the molecule is Cc1nc(C(=O)N2CCCC[C@H]2CC2=C[N+]3CN(Cl)C=C(Cl)C3=N2)c(-c2ccccc2)s1. The number of amides is 1. The molecule has 1 atom stereocenters. The van der Waals surface area contributed by atoms with E-state index in [2.05, 4.69) is 4.98 Å². The number of piperidine rings is 1. The fourth-order valence-corrected chi connectivity index (χ4v) is 5.90. The lowest BCUT2D eigenvalue weighted by Gasteiger charge is -2.35. The van der Waals surface area contributed by atoms with Crippen molar-refractivity contribution in [3.05, 3.63) is 64.2 Å². The molecule has 1 aromatic carbocycles. The number of thiazole rings is 1. The maximum absolute atomic E-state index is 13.7. The molecule has 6 nitrogen and oxygen atoms in total. The average Bonchev–Trinajstić information content (AvgIpc) is 3.37. The summed E-state index contributed by atoms with van der Waals surface area (Å²) in [6, 6.07) is 10.1. The van der Waals surface area contributed by atoms with Gasteiger partial charge in [-0.15, -0.1) is 11.3 Å². The maximum atomic E-state index is 13.7. The minimum Gasteiger partial charge on any atom is -0.334 e. The minimum absolute atomic E-state index is 0.00624. The van der Waals surface area contributed by atoms with Gasteiger partial charge in [-0.05, 0) is 31.7 Å². The number of hydrogen-bond acceptors (Lipinski definition) is 6. The number of aliphatic imine (C=N–C) groups is 1. The molecule has 1 radical (unpaired) electrons. The van der Waals surface area contributed by atoms with E-state index in [0.29, 0.717) is 29.7 Å². The van der Waals surface area contributed by atoms with E-state index in [1.165, 1.54) is 4.42 Å². The number of carbonyl (C=O) groups is 1. The van der Waals surface area contributed by atoms with Crippen molar-refractivity contribution in [2.24, 2.45) is 4.99 Å². The number of halogens is 2. The Labute approximate surface area is 201 Å². The molecule has 4 heterocycles. The predicted molar refractivity (Wildman–Crippen MR) is 130 cm³/mol. The highest BCUT2D eigenvalue weighted by Crippen LogP contribution is 2.34. The van der Waals surface area contributed by atoms with Crippen LogP contribution in [0.15, 0.2) is 58.5 Å². The number of carbonyl (C=O) groups excluding carboxylic acids is 1. The Morgan fingerprint density at radius 3 is 2.91 bits per heavy atom. The van der Waals surface area contributed by atoms with Crippen LogP contribution in [-0.2, 0) is 0 Å². The number of hydrogen-bond donors (Lipinski definition) is 0. The van der Waals surface area contributed by atoms with E-state index < -0.39 is 0 Å². The van der Waals surface area contributed by atoms with E-state index in [9.17, 15) is 4.79 Å². The molecule has 0 aliphatic carbocycles. The second kappa shape index (κ2) is 8.98. The Morgan fingerprint density at radius 1 is 1.28 bits per heavy atom. The van der Waals surface area contributed by atoms with Crippen molar-refractivity contribution in [2.45, 2.75) is 38.6 Å². The largest absolute Gasteiger partial charge is 0.334 e. The van der Waals surface area contributed by atoms with Gasteiger partial charge in [0.15, 0.2) is 6.20 Å². The number of likely N-dealkylation sites (tertiary alicyclic amines) is 1. The lowest BCUT2D eigenvalue weighted by molar-refractivity contribution is 0.0608. The summed E-state index contributed by atoms with van der Waals surface area (Å²) in [7, 11) is 0. The summed E-state index contributed by atoms with van der Waals surface area (Å²) in [5, 5.41) is 1.41. The van der Waals surface area contributed by atoms with Crippen LogP contribution in [0.25, 0.3) is 10.4 Å². The van der Waals surface area contributed by atoms with E-state index in [1.807, 2.05) is 53.3 Å². The monoisotopic (exact) mass is 487 g/mol. The summed E-state index contributed by atoms with van der Waals surface area (Å²) >= 11 is 14.0. The van der Waals surface area contributed by atoms with E-state index in [4.69, 9.17) is 28.4 Å². The van der Waals surface area contributed by atoms with Crippen LogP contribution in [0.2, 0.25) is 0 Å². The maximum Gasteiger partial charge on any atom is 0.304 e. The van der Waals surface area contributed by atoms with Gasteiger partial charge in [0.1, 0.15) is 16.4 Å². The summed E-state index contributed by atoms with van der Waals surface area (Å²) in [5.74, 6) is 0.723. The van der Waals surface area contributed by atoms with Crippen molar-refractivity contribution in [2.75, 3.05) is 13.2 Å². The molecule has 165 valence electrons. The molecule has 9 heteroatoms. The van der Waals surface area contributed by atoms with Crippen LogP contribution in [0.5, 0.6) is 0 Å². The van der Waals surface area contributed by atoms with Gasteiger partial charge in [-0.25, -0.2) is 9.40 Å². The summed E-state index contributed by atoms with van der Waals surface area (Å²) < 4.78 is 1.51. The molecule has 0 unspecified atom stereocenters. The number of aromatic nitrogens is 1. The Kier molecular flexibility index (Phi) is 6.07. The van der Waals surface area contributed by atoms with Gasteiger partial charge >= 0.3 is 5.84 Å². The van der Waals surface area contributed by atoms with E-state index >= 15 is 0 Å². The van der Waals surface area contributed by atoms with E-state index in [-0.39, 0.29) is 11.9 Å². The van der Waals surface area contributed by atoms with Gasteiger partial charge in [-0.1, -0.05) is 46.8 Å². The lowest BCUT2D eigenvalue weighted by Crippen LogP contribution is -2.44. The van der Waals surface area contributed by atoms with Crippen LogP contribution in [0, 0.1) is 6.92 Å². The Balaban J connectivity index is 1.39. The van der Waals surface area contributed by atoms with Gasteiger partial charge < -0.3 is 4.90 Å². The summed E-state index contributed by atoms with van der Waals surface area (Å²) in [6.07, 6.45) is 7.38. The molecule has 2 aromatic rings. The fraction of sp³-hybridized carbons (Fsp3) is 0.348. The van der Waals surface area contributed by atoms with Crippen LogP contribution >= 0.6 is 34.7 Å². The minimum atomic E-state index is 0.00624. The first-order valence-corrected chi connectivity index (χ1v) is 12.2. The topological polar surface area (TPSA) is 54.7 Å². The third kappa shape index (κ3) is 4.22. The van der Waals surface area contributed by atoms with Crippen LogP contribution in [-0.4, -0.2) is 45.3 Å². The molecule has 0 N–H and O–H groups in total. The Bertz CT molecular complexity index is 1130. The zero-order valence-corrected chi connectivity index (χ0v) is 20.0. The van der Waals surface area contributed by atoms with Gasteiger partial charge in [0.25, 0.3) is 5.91 Å². The summed E-state index contributed by atoms with van der Waals surface area (Å²) in [4.78, 5) is 27.9. The first-order valence-electron chi connectivity index (χ1n) is 10.7. The van der Waals surface area contributed by atoms with Crippen LogP contribution in [0.3, 0.4) is 0 Å². The number of rotatable bonds is 4. The molecule has 32 heavy (non-hydrogen) atoms. The number of aryl methyl sites for hydroxylation is 1. The quantitative estimate of drug-likeness (QED) is 0.428. The molecule has 5 rings (SSSR count). The summed E-state index contributed by atoms with van der Waals surface area (Å²) in [5.41, 5.74) is 2.50. The summed E-state index contributed by atoms with van der Waals surface area (Å²) in [6.45, 7) is 3.18. The molecule has 3 aliphatic rings. The number of benzene rings is 1. The number of fused-ring (bicyclic) bond motifs is 1. The standard InChI is InChI=1S/C23H23Cl2N5OS/c1-15-26-20(21(32-15)16-7-3-2-4-8-16)23(31)30-10-6-5-9-18(30)11-17-12-28-14-29(25)13-19(24)22(28)27-17/h2-4,7-8,12-13,18H,5-6,9-11,14H2,1H3/q+1/t18-/m0/s1. The average molecular weight is 488 g/mol. The van der Waals surface area contributed by atoms with Crippen molar-refractivity contribution in [1.82, 2.24) is 19.2 Å². The molecular weight excluding hydrogens is 465 g/mol. The number of amidine groups is 1. The zero-order valence-electron chi connectivity index (χ0n) is 17.7. The second-order valence-electron chi connectivity index (χ2n) is 8.17. The van der Waals surface area contributed by atoms with Crippen molar-refractivity contribution in [1.29, 1.82) is 0 Å². The van der Waals surface area contributed by atoms with Gasteiger partial charge in [-0.2, -0.15) is 4.99 Å². The fourth-order valence-electron chi connectivity index (χ4n) is 4.45. The van der Waals surface area contributed by atoms with Gasteiger partial charge in [-0.3, -0.25) is 4.79 Å². The highest BCUT2D eigenvalue weighted by Gasteiger charge is 2.39. The molecule has 0 spiro atoms. The Morgan fingerprint density at radius 2 is 2.09 bits per heavy atom. The first-order chi connectivity index (χ1) is 15.5. The molecule has 1 amide bonds. The van der Waals surface area contributed by atoms with Crippen molar-refractivity contribution < 1.29 is 4.79 Å². The molecule has 0 saturated carbocycles. The van der Waals surface area contributed by atoms with Crippen LogP contribution < -0.4 is 4.90 Å². The first kappa shape index (κ1) is 21.6. The van der Waals surface area contributed by atoms with Gasteiger partial charge in [0.2, 0.25) is 6.67 Å². The molecule has 1 aromatic heterocycles. The third-order valence-electron chi connectivity index (χ3n) is 5.89. The van der Waals surface area contributed by atoms with E-state index in [0.717, 1.165) is 47.0 Å². The third-order valence-corrected chi connectivity index (χ3v) is 7.38. The highest BCUT2D eigenvalue weighted by molar-refractivity contribution is 7.15. The van der Waals surface area contributed by atoms with Gasteiger partial charge in [0, 0.05) is 37.0 Å². The molecule has 0 bridgehead atoms. The Hall–Kier alpha value is -2.19. The second-order valence-corrected chi connectivity index (χ2v) is 10.2. The zero-order chi connectivity index (χ0) is 22.2. The van der Waals surface area contributed by atoms with Crippen molar-refractivity contribution in [3.8, 4) is 10.4 Å². The molecule has 3 aliphatic heterocycles.